The van der Waals surface area contributed by atoms with E-state index in [1.54, 1.807) is 18.2 Å². The molecule has 2 N–H and O–H groups in total. The Labute approximate surface area is 116 Å². The Hall–Kier alpha value is -1.38. The molecule has 1 rings (SSSR count). The molecule has 0 aliphatic rings. The maximum Gasteiger partial charge on any atom is 0.244 e. The number of nitrogens with one attached hydrogen (secondary N) is 2. The number of nitrogens with zero attached hydrogens (tertiary/aromatic N) is 1. The molecule has 18 heavy (non-hydrogen) atoms. The van der Waals surface area contributed by atoms with E-state index in [0.29, 0.717) is 15.7 Å². The van der Waals surface area contributed by atoms with Gasteiger partial charge < -0.3 is 10.6 Å². The van der Waals surface area contributed by atoms with E-state index < -0.39 is 5.54 Å². The Morgan fingerprint density at radius 1 is 1.50 bits per heavy atom. The van der Waals surface area contributed by atoms with Gasteiger partial charge in [-0.25, -0.2) is 0 Å². The van der Waals surface area contributed by atoms with Crippen molar-refractivity contribution in [3.8, 4) is 6.07 Å². The lowest BCUT2D eigenvalue weighted by molar-refractivity contribution is -0.121. The number of hydrogen-bond acceptors (Lipinski definition) is 3. The first-order chi connectivity index (χ1) is 8.40. The molecule has 0 unspecified atom stereocenters. The normalized spacial score (nSPS) is 10.8. The second-order valence-electron chi connectivity index (χ2n) is 4.42. The predicted molar refractivity (Wildman–Crippen MR) is 75.2 cm³/mol. The van der Waals surface area contributed by atoms with Gasteiger partial charge in [-0.3, -0.25) is 4.79 Å². The molecule has 0 aliphatic carbocycles. The second-order valence-corrected chi connectivity index (χ2v) is 5.27. The molecule has 0 aromatic heterocycles. The minimum Gasteiger partial charge on any atom is -0.323 e. The van der Waals surface area contributed by atoms with Gasteiger partial charge in [0.25, 0.3) is 0 Å². The van der Waals surface area contributed by atoms with Crippen LogP contribution in [0.15, 0.2) is 22.7 Å². The summed E-state index contributed by atoms with van der Waals surface area (Å²) in [6, 6.07) is 7.10. The van der Waals surface area contributed by atoms with Gasteiger partial charge >= 0.3 is 0 Å². The molecule has 96 valence electrons. The summed E-state index contributed by atoms with van der Waals surface area (Å²) in [4.78, 5) is 12.1. The topological polar surface area (TPSA) is 64.9 Å². The van der Waals surface area contributed by atoms with Crippen LogP contribution < -0.4 is 10.6 Å². The molecule has 0 radical (unpaired) electrons. The zero-order valence-corrected chi connectivity index (χ0v) is 12.3. The first-order valence-corrected chi connectivity index (χ1v) is 6.46. The molecular weight excluding hydrogens is 294 g/mol. The van der Waals surface area contributed by atoms with Crippen LogP contribution in [0.4, 0.5) is 5.69 Å². The SMILES string of the molecule is CCNC(C)(C)C(=O)Nc1ccc(C#N)cc1Br. The summed E-state index contributed by atoms with van der Waals surface area (Å²) in [5.74, 6) is -0.116. The molecule has 1 aromatic rings. The standard InChI is InChI=1S/C13H16BrN3O/c1-4-16-13(2,3)12(18)17-11-6-5-9(8-15)7-10(11)14/h5-7,16H,4H2,1-3H3,(H,17,18). The average Bonchev–Trinajstić information content (AvgIpc) is 2.31. The molecule has 4 nitrogen and oxygen atoms in total. The fourth-order valence-corrected chi connectivity index (χ4v) is 1.96. The minimum atomic E-state index is -0.637. The zero-order valence-electron chi connectivity index (χ0n) is 10.7. The number of anilines is 1. The van der Waals surface area contributed by atoms with Crippen LogP contribution in [0.2, 0.25) is 0 Å². The summed E-state index contributed by atoms with van der Waals surface area (Å²) in [5.41, 5.74) is 0.568. The molecule has 0 aliphatic heterocycles. The lowest BCUT2D eigenvalue weighted by Crippen LogP contribution is -2.49. The van der Waals surface area contributed by atoms with E-state index in [2.05, 4.69) is 26.6 Å². The van der Waals surface area contributed by atoms with Crippen LogP contribution in [0.3, 0.4) is 0 Å². The highest BCUT2D eigenvalue weighted by atomic mass is 79.9. The van der Waals surface area contributed by atoms with Crippen LogP contribution >= 0.6 is 15.9 Å². The average molecular weight is 310 g/mol. The molecular formula is C13H16BrN3O. The lowest BCUT2D eigenvalue weighted by Gasteiger charge is -2.24. The van der Waals surface area contributed by atoms with Crippen LogP contribution in [0.1, 0.15) is 26.3 Å². The van der Waals surface area contributed by atoms with E-state index >= 15 is 0 Å². The van der Waals surface area contributed by atoms with E-state index in [-0.39, 0.29) is 5.91 Å². The summed E-state index contributed by atoms with van der Waals surface area (Å²) in [5, 5.41) is 14.7. The van der Waals surface area contributed by atoms with Gasteiger partial charge in [0.1, 0.15) is 0 Å². The molecule has 0 atom stereocenters. The van der Waals surface area contributed by atoms with Crippen molar-refractivity contribution in [3.05, 3.63) is 28.2 Å². The van der Waals surface area contributed by atoms with Crippen LogP contribution in [-0.4, -0.2) is 18.0 Å². The van der Waals surface area contributed by atoms with E-state index in [4.69, 9.17) is 5.26 Å². The van der Waals surface area contributed by atoms with E-state index in [9.17, 15) is 4.79 Å². The number of rotatable bonds is 4. The zero-order chi connectivity index (χ0) is 13.8. The van der Waals surface area contributed by atoms with Gasteiger partial charge in [-0.05, 0) is 54.5 Å². The molecule has 0 spiro atoms. The quantitative estimate of drug-likeness (QED) is 0.898. The highest BCUT2D eigenvalue weighted by molar-refractivity contribution is 9.10. The highest BCUT2D eigenvalue weighted by Crippen LogP contribution is 2.24. The first-order valence-electron chi connectivity index (χ1n) is 5.67. The van der Waals surface area contributed by atoms with Crippen molar-refractivity contribution in [2.45, 2.75) is 26.3 Å². The number of likely N-dealkylation sites (N-methyl/N-ethyl adjacent to an activating group) is 1. The summed E-state index contributed by atoms with van der Waals surface area (Å²) in [6.07, 6.45) is 0. The highest BCUT2D eigenvalue weighted by Gasteiger charge is 2.26. The summed E-state index contributed by atoms with van der Waals surface area (Å²) < 4.78 is 0.696. The van der Waals surface area contributed by atoms with E-state index in [1.165, 1.54) is 0 Å². The van der Waals surface area contributed by atoms with Gasteiger partial charge in [-0.1, -0.05) is 6.92 Å². The van der Waals surface area contributed by atoms with Gasteiger partial charge in [0.05, 0.1) is 22.9 Å². The van der Waals surface area contributed by atoms with Crippen LogP contribution in [0.25, 0.3) is 0 Å². The Bertz CT molecular complexity index is 491. The van der Waals surface area contributed by atoms with Crippen LogP contribution in [0.5, 0.6) is 0 Å². The number of benzene rings is 1. The fraction of sp³-hybridized carbons (Fsp3) is 0.385. The van der Waals surface area contributed by atoms with Crippen molar-refractivity contribution in [1.29, 1.82) is 5.26 Å². The Balaban J connectivity index is 2.86. The monoisotopic (exact) mass is 309 g/mol. The van der Waals surface area contributed by atoms with Crippen LogP contribution in [-0.2, 0) is 4.79 Å². The minimum absolute atomic E-state index is 0.116. The Morgan fingerprint density at radius 3 is 2.67 bits per heavy atom. The fourth-order valence-electron chi connectivity index (χ4n) is 1.49. The maximum atomic E-state index is 12.1. The van der Waals surface area contributed by atoms with Crippen molar-refractivity contribution in [2.24, 2.45) is 0 Å². The third-order valence-electron chi connectivity index (χ3n) is 2.53. The van der Waals surface area contributed by atoms with Crippen molar-refractivity contribution in [2.75, 3.05) is 11.9 Å². The van der Waals surface area contributed by atoms with Gasteiger partial charge in [0.15, 0.2) is 0 Å². The number of halogens is 1. The number of hydrogen-bond donors (Lipinski definition) is 2. The third kappa shape index (κ3) is 3.56. The number of amides is 1. The number of carbonyl (C=O) groups excluding carboxylic acids is 1. The third-order valence-corrected chi connectivity index (χ3v) is 3.19. The van der Waals surface area contributed by atoms with Gasteiger partial charge in [-0.2, -0.15) is 5.26 Å². The molecule has 0 saturated heterocycles. The summed E-state index contributed by atoms with van der Waals surface area (Å²) >= 11 is 3.34. The van der Waals surface area contributed by atoms with Gasteiger partial charge in [0, 0.05) is 4.47 Å². The Kier molecular flexibility index (Phi) is 4.88. The molecule has 1 amide bonds. The summed E-state index contributed by atoms with van der Waals surface area (Å²) in [6.45, 7) is 6.31. The van der Waals surface area contributed by atoms with Crippen molar-refractivity contribution in [1.82, 2.24) is 5.32 Å². The lowest BCUT2D eigenvalue weighted by atomic mass is 10.0. The molecule has 0 bridgehead atoms. The summed E-state index contributed by atoms with van der Waals surface area (Å²) in [7, 11) is 0. The Morgan fingerprint density at radius 2 is 2.17 bits per heavy atom. The largest absolute Gasteiger partial charge is 0.323 e. The van der Waals surface area contributed by atoms with Crippen molar-refractivity contribution < 1.29 is 4.79 Å². The van der Waals surface area contributed by atoms with Gasteiger partial charge in [-0.15, -0.1) is 0 Å². The van der Waals surface area contributed by atoms with Crippen LogP contribution in [0, 0.1) is 11.3 Å². The molecule has 1 aromatic carbocycles. The van der Waals surface area contributed by atoms with Gasteiger partial charge in [0.2, 0.25) is 5.91 Å². The maximum absolute atomic E-state index is 12.1. The number of carbonyl (C=O) groups is 1. The number of nitriles is 1. The smallest absolute Gasteiger partial charge is 0.244 e. The molecule has 0 heterocycles. The first kappa shape index (κ1) is 14.7. The molecule has 0 fully saturated rings. The van der Waals surface area contributed by atoms with E-state index in [0.717, 1.165) is 6.54 Å². The van der Waals surface area contributed by atoms with E-state index in [1.807, 2.05) is 26.8 Å². The molecule has 0 saturated carbocycles. The van der Waals surface area contributed by atoms with Crippen molar-refractivity contribution >= 4 is 27.5 Å². The second kappa shape index (κ2) is 5.98. The molecule has 5 heteroatoms. The van der Waals surface area contributed by atoms with Crippen molar-refractivity contribution in [3.63, 3.8) is 0 Å². The predicted octanol–water partition coefficient (Wildman–Crippen LogP) is 2.65.